The number of likely N-dealkylation sites (tertiary alicyclic amines) is 1. The fraction of sp³-hybridized carbons (Fsp3) is 0.720. The number of hydrogen-bond acceptors (Lipinski definition) is 9. The maximum atomic E-state index is 14.9. The molecule has 406 valence electrons. The number of halogens is 7. The molecule has 1 aromatic carbocycles. The largest absolute Gasteiger partial charge is 0.403 e. The van der Waals surface area contributed by atoms with Gasteiger partial charge in [-0.15, -0.1) is 0 Å². The third-order valence-electron chi connectivity index (χ3n) is 15.5. The number of hydrogen-bond donors (Lipinski definition) is 2. The monoisotopic (exact) mass is 1070 g/mol. The van der Waals surface area contributed by atoms with Crippen LogP contribution in [0.3, 0.4) is 0 Å². The van der Waals surface area contributed by atoms with Gasteiger partial charge in [0, 0.05) is 75.7 Å². The molecule has 0 spiro atoms. The number of benzene rings is 1. The van der Waals surface area contributed by atoms with Gasteiger partial charge in [-0.1, -0.05) is 57.2 Å². The van der Waals surface area contributed by atoms with Gasteiger partial charge < -0.3 is 25.3 Å². The molecule has 0 radical (unpaired) electrons. The fourth-order valence-electron chi connectivity index (χ4n) is 11.1. The summed E-state index contributed by atoms with van der Waals surface area (Å²) in [6.45, 7) is 3.43. The van der Waals surface area contributed by atoms with Gasteiger partial charge in [-0.05, 0) is 80.7 Å². The summed E-state index contributed by atoms with van der Waals surface area (Å²) in [5.41, 5.74) is -1.43. The highest BCUT2D eigenvalue weighted by Gasteiger charge is 2.75. The van der Waals surface area contributed by atoms with E-state index in [1.54, 1.807) is 59.2 Å². The first-order valence-electron chi connectivity index (χ1n) is 25.4. The molecule has 0 bridgehead atoms. The van der Waals surface area contributed by atoms with Crippen molar-refractivity contribution in [1.29, 1.82) is 0 Å². The van der Waals surface area contributed by atoms with Crippen molar-refractivity contribution in [2.24, 2.45) is 17.3 Å². The van der Waals surface area contributed by atoms with Crippen LogP contribution in [0, 0.1) is 17.3 Å². The van der Waals surface area contributed by atoms with E-state index < -0.39 is 113 Å². The van der Waals surface area contributed by atoms with Crippen molar-refractivity contribution in [2.75, 3.05) is 52.3 Å². The Bertz CT molecular complexity index is 2470. The van der Waals surface area contributed by atoms with Crippen molar-refractivity contribution >= 4 is 51.0 Å². The van der Waals surface area contributed by atoms with Gasteiger partial charge in [-0.25, -0.2) is 21.6 Å². The molecule has 23 heteroatoms. The molecule has 1 unspecified atom stereocenters. The second kappa shape index (κ2) is 22.4. The molecule has 3 saturated heterocycles. The lowest BCUT2D eigenvalue weighted by atomic mass is 9.64. The summed E-state index contributed by atoms with van der Waals surface area (Å²) in [6, 6.07) is -0.432. The van der Waals surface area contributed by atoms with Crippen LogP contribution in [-0.4, -0.2) is 168 Å². The summed E-state index contributed by atoms with van der Waals surface area (Å²) in [5, 5.41) is 10.7. The maximum Gasteiger partial charge on any atom is 0.403 e. The Balaban J connectivity index is 1.11. The molecule has 1 aromatic heterocycles. The quantitative estimate of drug-likeness (QED) is 0.216. The number of carbonyl (C=O) groups excluding carboxylic acids is 5. The second-order valence-corrected chi connectivity index (χ2v) is 24.4. The molecule has 73 heavy (non-hydrogen) atoms. The Morgan fingerprint density at radius 1 is 1.00 bits per heavy atom. The van der Waals surface area contributed by atoms with Crippen LogP contribution in [0.5, 0.6) is 0 Å². The van der Waals surface area contributed by atoms with E-state index in [9.17, 15) is 58.7 Å². The Labute approximate surface area is 428 Å². The molecule has 7 rings (SSSR count). The van der Waals surface area contributed by atoms with Crippen LogP contribution in [0.15, 0.2) is 30.6 Å². The van der Waals surface area contributed by atoms with Crippen molar-refractivity contribution in [3.63, 3.8) is 0 Å². The van der Waals surface area contributed by atoms with Crippen molar-refractivity contribution in [1.82, 2.24) is 40.0 Å². The molecule has 5 fully saturated rings. The number of nitrogens with zero attached hydrogens (tertiary/aromatic N) is 6. The van der Waals surface area contributed by atoms with E-state index >= 15 is 0 Å². The average molecular weight is 1080 g/mol. The van der Waals surface area contributed by atoms with Gasteiger partial charge in [0.15, 0.2) is 15.3 Å². The lowest BCUT2D eigenvalue weighted by Crippen LogP contribution is -2.65. The number of sulfone groups is 1. The van der Waals surface area contributed by atoms with Crippen LogP contribution in [0.1, 0.15) is 109 Å². The number of likely N-dealkylation sites (N-methyl/N-ethyl adjacent to an activating group) is 3. The molecule has 2 saturated carbocycles. The Hall–Kier alpha value is -4.44. The van der Waals surface area contributed by atoms with Gasteiger partial charge in [-0.2, -0.15) is 18.3 Å². The van der Waals surface area contributed by atoms with Crippen LogP contribution < -0.4 is 10.6 Å². The molecule has 2 aromatic rings. The fourth-order valence-corrected chi connectivity index (χ4v) is 13.0. The van der Waals surface area contributed by atoms with Gasteiger partial charge in [0.1, 0.15) is 24.3 Å². The SMILES string of the molecule is CC(C)C[C@@H]1NC(=O)[C@@H](N(C)C[C@@H](NC(=O)[C@@H]2C[C@@H](F)CN2C(=O)C2(C(F)(F)F)CC(F)(F)C2)C2CC2)CCCCCCCN(C)C(=O)[C@H](Cc2cc(Cl)ccc2-c2cnn(C3CCS(=O)(=O)C3)c2)N(C)C1=O. The van der Waals surface area contributed by atoms with Crippen molar-refractivity contribution in [2.45, 2.75) is 158 Å². The first kappa shape index (κ1) is 56.3. The van der Waals surface area contributed by atoms with Crippen LogP contribution >= 0.6 is 11.6 Å². The maximum absolute atomic E-state index is 14.9. The van der Waals surface area contributed by atoms with E-state index in [0.29, 0.717) is 71.7 Å². The molecule has 2 aliphatic carbocycles. The van der Waals surface area contributed by atoms with Crippen LogP contribution in [0.2, 0.25) is 5.02 Å². The van der Waals surface area contributed by atoms with Crippen molar-refractivity contribution in [3.8, 4) is 11.1 Å². The molecular weight excluding hydrogens is 1010 g/mol. The second-order valence-electron chi connectivity index (χ2n) is 21.7. The highest BCUT2D eigenvalue weighted by Crippen LogP contribution is 2.61. The molecule has 7 atom stereocenters. The third kappa shape index (κ3) is 13.2. The Kier molecular flexibility index (Phi) is 17.3. The van der Waals surface area contributed by atoms with Gasteiger partial charge in [-0.3, -0.25) is 33.6 Å². The van der Waals surface area contributed by atoms with E-state index in [0.717, 1.165) is 19.3 Å². The van der Waals surface area contributed by atoms with Gasteiger partial charge in [0.2, 0.25) is 29.5 Å². The van der Waals surface area contributed by atoms with Crippen LogP contribution in [0.25, 0.3) is 11.1 Å². The first-order valence-corrected chi connectivity index (χ1v) is 27.6. The highest BCUT2D eigenvalue weighted by molar-refractivity contribution is 7.91. The summed E-state index contributed by atoms with van der Waals surface area (Å²) in [6.07, 6.45) is -2.02. The predicted molar refractivity (Wildman–Crippen MR) is 261 cm³/mol. The predicted octanol–water partition coefficient (Wildman–Crippen LogP) is 6.39. The summed E-state index contributed by atoms with van der Waals surface area (Å²) in [4.78, 5) is 76.8. The van der Waals surface area contributed by atoms with E-state index in [1.807, 2.05) is 13.8 Å². The van der Waals surface area contributed by atoms with Crippen LogP contribution in [0.4, 0.5) is 26.3 Å². The minimum absolute atomic E-state index is 0.0236. The van der Waals surface area contributed by atoms with Gasteiger partial charge in [0.25, 0.3) is 5.92 Å². The van der Waals surface area contributed by atoms with Crippen molar-refractivity contribution < 1.29 is 58.7 Å². The molecular formula is C50H69ClF6N8O7S. The highest BCUT2D eigenvalue weighted by atomic mass is 35.5. The molecule has 5 aliphatic rings. The Morgan fingerprint density at radius 3 is 2.32 bits per heavy atom. The zero-order chi connectivity index (χ0) is 53.4. The average Bonchev–Trinajstić information content (AvgIpc) is 3.71. The molecule has 2 N–H and O–H groups in total. The zero-order valence-electron chi connectivity index (χ0n) is 42.1. The van der Waals surface area contributed by atoms with E-state index in [4.69, 9.17) is 11.6 Å². The number of aromatic nitrogens is 2. The number of rotatable bonds is 13. The number of nitrogens with one attached hydrogen (secondary N) is 2. The minimum atomic E-state index is -5.35. The summed E-state index contributed by atoms with van der Waals surface area (Å²) < 4.78 is 112. The number of carbonyl (C=O) groups is 5. The minimum Gasteiger partial charge on any atom is -0.350 e. The standard InChI is InChI=1S/C50H69ClF6N8O7S/c1-30(2)19-38-45(68)63(5)42(21-32-20-34(51)14-15-37(32)33-23-58-65(24-33)36-16-18-73(71,72)27-36)46(69)61(3)17-10-8-6-7-9-11-40(43(66)59-38)62(4)26-39(31-12-13-31)60-44(67)41-22-35(52)25-64(41)47(70)48(50(55,56)57)28-49(53,54)29-48/h14-15,20,23-24,30-31,35-36,38-42H,6-13,16-19,21-22,25-29H2,1-5H3,(H,59,66)(H,60,67)/t35-,36?,38+,39-,40+,41+,42+/m1/s1. The van der Waals surface area contributed by atoms with E-state index in [-0.39, 0.29) is 54.7 Å². The van der Waals surface area contributed by atoms with E-state index in [1.165, 1.54) is 11.9 Å². The Morgan fingerprint density at radius 2 is 1.68 bits per heavy atom. The lowest BCUT2D eigenvalue weighted by molar-refractivity contribution is -0.299. The summed E-state index contributed by atoms with van der Waals surface area (Å²) in [5.74, 6) is -7.87. The van der Waals surface area contributed by atoms with Gasteiger partial charge in [0.05, 0.1) is 36.3 Å². The number of amides is 5. The van der Waals surface area contributed by atoms with Gasteiger partial charge >= 0.3 is 6.18 Å². The molecule has 3 aliphatic heterocycles. The van der Waals surface area contributed by atoms with Crippen molar-refractivity contribution in [3.05, 3.63) is 41.2 Å². The smallest absolute Gasteiger partial charge is 0.350 e. The normalized spacial score (nSPS) is 27.8. The number of alkyl halides is 6. The summed E-state index contributed by atoms with van der Waals surface area (Å²) in [7, 11) is 1.73. The molecule has 5 amide bonds. The summed E-state index contributed by atoms with van der Waals surface area (Å²) >= 11 is 6.59. The molecule has 15 nitrogen and oxygen atoms in total. The van der Waals surface area contributed by atoms with Crippen LogP contribution in [-0.2, 0) is 40.2 Å². The first-order chi connectivity index (χ1) is 34.2. The topological polar surface area (TPSA) is 174 Å². The third-order valence-corrected chi connectivity index (χ3v) is 17.5. The molecule has 4 heterocycles. The lowest BCUT2D eigenvalue weighted by Gasteiger charge is -2.48. The van der Waals surface area contributed by atoms with E-state index in [2.05, 4.69) is 15.7 Å². The zero-order valence-corrected chi connectivity index (χ0v) is 43.7.